The van der Waals surface area contributed by atoms with Crippen molar-refractivity contribution >= 4 is 11.9 Å². The molecule has 0 aromatic carbocycles. The summed E-state index contributed by atoms with van der Waals surface area (Å²) < 4.78 is 0. The lowest BCUT2D eigenvalue weighted by Gasteiger charge is -2.24. The van der Waals surface area contributed by atoms with E-state index in [1.807, 2.05) is 13.8 Å². The minimum atomic E-state index is -0.850. The van der Waals surface area contributed by atoms with Crippen molar-refractivity contribution in [3.63, 3.8) is 0 Å². The molecule has 1 amide bonds. The average molecular weight is 281 g/mol. The molecule has 2 rings (SSSR count). The number of aliphatic carboxylic acids is 1. The Morgan fingerprint density at radius 3 is 2.10 bits per heavy atom. The zero-order chi connectivity index (χ0) is 14.9. The summed E-state index contributed by atoms with van der Waals surface area (Å²) in [4.78, 5) is 23.4. The second kappa shape index (κ2) is 5.74. The molecule has 0 aromatic heterocycles. The second-order valence-corrected chi connectivity index (χ2v) is 7.16. The SMILES string of the molecule is C[C@@H](NC(=O)[C@H]1[C@@H](C(=O)O)C1(C)C)C1CCCCCC1. The van der Waals surface area contributed by atoms with Crippen LogP contribution in [0.25, 0.3) is 0 Å². The quantitative estimate of drug-likeness (QED) is 0.779. The van der Waals surface area contributed by atoms with Crippen LogP contribution in [-0.4, -0.2) is 23.0 Å². The Kier molecular flexibility index (Phi) is 4.40. The van der Waals surface area contributed by atoms with E-state index in [-0.39, 0.29) is 17.9 Å². The van der Waals surface area contributed by atoms with Crippen LogP contribution in [0.15, 0.2) is 0 Å². The molecule has 4 nitrogen and oxygen atoms in total. The smallest absolute Gasteiger partial charge is 0.307 e. The van der Waals surface area contributed by atoms with Gasteiger partial charge in [-0.05, 0) is 31.1 Å². The van der Waals surface area contributed by atoms with Gasteiger partial charge in [-0.3, -0.25) is 9.59 Å². The lowest BCUT2D eigenvalue weighted by Crippen LogP contribution is -2.39. The number of nitrogens with one attached hydrogen (secondary N) is 1. The van der Waals surface area contributed by atoms with Crippen LogP contribution in [0.3, 0.4) is 0 Å². The van der Waals surface area contributed by atoms with E-state index in [0.29, 0.717) is 5.92 Å². The van der Waals surface area contributed by atoms with Gasteiger partial charge in [-0.2, -0.15) is 0 Å². The number of carbonyl (C=O) groups is 2. The number of hydrogen-bond donors (Lipinski definition) is 2. The number of rotatable bonds is 4. The molecule has 0 spiro atoms. The van der Waals surface area contributed by atoms with Gasteiger partial charge in [0, 0.05) is 6.04 Å². The molecule has 0 radical (unpaired) electrons. The van der Waals surface area contributed by atoms with Gasteiger partial charge in [-0.25, -0.2) is 0 Å². The van der Waals surface area contributed by atoms with Crippen molar-refractivity contribution in [1.29, 1.82) is 0 Å². The van der Waals surface area contributed by atoms with Gasteiger partial charge in [0.25, 0.3) is 0 Å². The Labute approximate surface area is 121 Å². The van der Waals surface area contributed by atoms with Crippen LogP contribution >= 0.6 is 0 Å². The first kappa shape index (κ1) is 15.3. The van der Waals surface area contributed by atoms with Crippen LogP contribution in [-0.2, 0) is 9.59 Å². The molecule has 114 valence electrons. The van der Waals surface area contributed by atoms with Gasteiger partial charge in [-0.15, -0.1) is 0 Å². The maximum absolute atomic E-state index is 12.3. The van der Waals surface area contributed by atoms with Crippen molar-refractivity contribution in [3.8, 4) is 0 Å². The highest BCUT2D eigenvalue weighted by atomic mass is 16.4. The van der Waals surface area contributed by atoms with Crippen molar-refractivity contribution in [1.82, 2.24) is 5.32 Å². The molecule has 20 heavy (non-hydrogen) atoms. The zero-order valence-electron chi connectivity index (χ0n) is 12.8. The van der Waals surface area contributed by atoms with Gasteiger partial charge in [0.15, 0.2) is 0 Å². The molecule has 2 aliphatic rings. The van der Waals surface area contributed by atoms with E-state index in [0.717, 1.165) is 0 Å². The maximum Gasteiger partial charge on any atom is 0.307 e. The first-order valence-electron chi connectivity index (χ1n) is 7.89. The molecule has 2 saturated carbocycles. The Balaban J connectivity index is 1.90. The van der Waals surface area contributed by atoms with E-state index in [2.05, 4.69) is 12.2 Å². The van der Waals surface area contributed by atoms with Gasteiger partial charge in [0.2, 0.25) is 5.91 Å². The number of carbonyl (C=O) groups excluding carboxylic acids is 1. The summed E-state index contributed by atoms with van der Waals surface area (Å²) in [6.07, 6.45) is 7.45. The maximum atomic E-state index is 12.3. The van der Waals surface area contributed by atoms with Crippen molar-refractivity contribution in [2.24, 2.45) is 23.2 Å². The largest absolute Gasteiger partial charge is 0.481 e. The lowest BCUT2D eigenvalue weighted by molar-refractivity contribution is -0.140. The Bertz CT molecular complexity index is 383. The predicted octanol–water partition coefficient (Wildman–Crippen LogP) is 2.82. The second-order valence-electron chi connectivity index (χ2n) is 7.16. The summed E-state index contributed by atoms with van der Waals surface area (Å²) in [6, 6.07) is 0.159. The number of carboxylic acid groups (broad SMARTS) is 1. The minimum Gasteiger partial charge on any atom is -0.481 e. The van der Waals surface area contributed by atoms with Crippen LogP contribution in [0, 0.1) is 23.2 Å². The average Bonchev–Trinajstić information content (AvgIpc) is 3.01. The highest BCUT2D eigenvalue weighted by molar-refractivity contribution is 5.91. The molecule has 0 aromatic rings. The molecule has 3 atom stereocenters. The van der Waals surface area contributed by atoms with Crippen molar-refractivity contribution in [3.05, 3.63) is 0 Å². The van der Waals surface area contributed by atoms with Crippen LogP contribution in [0.2, 0.25) is 0 Å². The van der Waals surface area contributed by atoms with E-state index in [1.165, 1.54) is 38.5 Å². The van der Waals surface area contributed by atoms with E-state index >= 15 is 0 Å². The van der Waals surface area contributed by atoms with Gasteiger partial charge >= 0.3 is 5.97 Å². The molecule has 0 heterocycles. The number of carboxylic acids is 1. The minimum absolute atomic E-state index is 0.0702. The predicted molar refractivity (Wildman–Crippen MR) is 77.2 cm³/mol. The first-order chi connectivity index (χ1) is 9.35. The van der Waals surface area contributed by atoms with Crippen LogP contribution in [0.5, 0.6) is 0 Å². The van der Waals surface area contributed by atoms with Crippen LogP contribution in [0.1, 0.15) is 59.3 Å². The number of hydrogen-bond acceptors (Lipinski definition) is 2. The summed E-state index contributed by atoms with van der Waals surface area (Å²) in [6.45, 7) is 5.80. The number of amides is 1. The van der Waals surface area contributed by atoms with Crippen molar-refractivity contribution in [2.45, 2.75) is 65.3 Å². The van der Waals surface area contributed by atoms with Gasteiger partial charge < -0.3 is 10.4 Å². The van der Waals surface area contributed by atoms with E-state index < -0.39 is 17.3 Å². The molecule has 4 heteroatoms. The van der Waals surface area contributed by atoms with E-state index in [9.17, 15) is 9.59 Å². The standard InChI is InChI=1S/C16H27NO3/c1-10(11-8-6-4-5-7-9-11)17-14(18)12-13(15(19)20)16(12,2)3/h10-13H,4-9H2,1-3H3,(H,17,18)(H,19,20)/t10-,12-,13+/m1/s1. The summed E-state index contributed by atoms with van der Waals surface area (Å²) >= 11 is 0. The summed E-state index contributed by atoms with van der Waals surface area (Å²) in [5.41, 5.74) is -0.404. The van der Waals surface area contributed by atoms with Crippen molar-refractivity contribution < 1.29 is 14.7 Å². The molecule has 2 fully saturated rings. The molecule has 0 saturated heterocycles. The Morgan fingerprint density at radius 1 is 1.10 bits per heavy atom. The summed E-state index contributed by atoms with van der Waals surface area (Å²) in [5.74, 6) is -1.26. The molecule has 2 aliphatic carbocycles. The Morgan fingerprint density at radius 2 is 1.65 bits per heavy atom. The fourth-order valence-electron chi connectivity index (χ4n) is 3.83. The van der Waals surface area contributed by atoms with Crippen LogP contribution < -0.4 is 5.32 Å². The van der Waals surface area contributed by atoms with Gasteiger partial charge in [-0.1, -0.05) is 39.5 Å². The third-order valence-corrected chi connectivity index (χ3v) is 5.35. The Hall–Kier alpha value is -1.06. The highest BCUT2D eigenvalue weighted by Gasteiger charge is 2.65. The summed E-state index contributed by atoms with van der Waals surface area (Å²) in [7, 11) is 0. The highest BCUT2D eigenvalue weighted by Crippen LogP contribution is 2.58. The third-order valence-electron chi connectivity index (χ3n) is 5.35. The zero-order valence-corrected chi connectivity index (χ0v) is 12.8. The summed E-state index contributed by atoms with van der Waals surface area (Å²) in [5, 5.41) is 12.2. The lowest BCUT2D eigenvalue weighted by atomic mass is 9.93. The normalized spacial score (nSPS) is 31.1. The van der Waals surface area contributed by atoms with Gasteiger partial charge in [0.05, 0.1) is 11.8 Å². The topological polar surface area (TPSA) is 66.4 Å². The van der Waals surface area contributed by atoms with Gasteiger partial charge in [0.1, 0.15) is 0 Å². The van der Waals surface area contributed by atoms with E-state index in [1.54, 1.807) is 0 Å². The molecule has 0 aliphatic heterocycles. The monoisotopic (exact) mass is 281 g/mol. The van der Waals surface area contributed by atoms with Crippen molar-refractivity contribution in [2.75, 3.05) is 0 Å². The van der Waals surface area contributed by atoms with Crippen LogP contribution in [0.4, 0.5) is 0 Å². The molecular formula is C16H27NO3. The fourth-order valence-corrected chi connectivity index (χ4v) is 3.83. The molecule has 2 N–H and O–H groups in total. The molecule has 0 bridgehead atoms. The molecular weight excluding hydrogens is 254 g/mol. The molecule has 0 unspecified atom stereocenters. The first-order valence-corrected chi connectivity index (χ1v) is 7.89. The van der Waals surface area contributed by atoms with E-state index in [4.69, 9.17) is 5.11 Å². The fraction of sp³-hybridized carbons (Fsp3) is 0.875. The third kappa shape index (κ3) is 2.99.